The maximum absolute atomic E-state index is 11.7. The van der Waals surface area contributed by atoms with Gasteiger partial charge in [0.2, 0.25) is 11.8 Å². The number of rotatable bonds is 6. The number of para-hydroxylation sites is 2. The Morgan fingerprint density at radius 3 is 2.76 bits per heavy atom. The highest BCUT2D eigenvalue weighted by molar-refractivity contribution is 5.91. The van der Waals surface area contributed by atoms with E-state index in [1.807, 2.05) is 38.1 Å². The van der Waals surface area contributed by atoms with E-state index in [1.54, 1.807) is 0 Å². The molecule has 0 saturated carbocycles. The molecule has 0 aliphatic carbocycles. The summed E-state index contributed by atoms with van der Waals surface area (Å²) in [6.07, 6.45) is 4.07. The van der Waals surface area contributed by atoms with Gasteiger partial charge in [0.15, 0.2) is 5.58 Å². The molecule has 21 heavy (non-hydrogen) atoms. The second-order valence-electron chi connectivity index (χ2n) is 5.00. The van der Waals surface area contributed by atoms with E-state index in [0.717, 1.165) is 5.52 Å². The Labute approximate surface area is 123 Å². The van der Waals surface area contributed by atoms with Gasteiger partial charge in [-0.05, 0) is 25.0 Å². The van der Waals surface area contributed by atoms with Crippen molar-refractivity contribution in [1.29, 1.82) is 0 Å². The summed E-state index contributed by atoms with van der Waals surface area (Å²) in [4.78, 5) is 16.0. The van der Waals surface area contributed by atoms with Crippen molar-refractivity contribution in [3.63, 3.8) is 0 Å². The van der Waals surface area contributed by atoms with Gasteiger partial charge in [0.25, 0.3) is 0 Å². The molecule has 1 heterocycles. The molecule has 2 aromatic rings. The maximum Gasteiger partial charge on any atom is 0.244 e. The van der Waals surface area contributed by atoms with Gasteiger partial charge in [-0.15, -0.1) is 0 Å². The molecule has 0 fully saturated rings. The number of fused-ring (bicyclic) bond motifs is 1. The number of carbonyl (C=O) groups excluding carboxylic acids is 1. The Morgan fingerprint density at radius 2 is 2.10 bits per heavy atom. The summed E-state index contributed by atoms with van der Waals surface area (Å²) >= 11 is 0. The van der Waals surface area contributed by atoms with Gasteiger partial charge in [0.05, 0.1) is 5.60 Å². The molecule has 0 unspecified atom stereocenters. The highest BCUT2D eigenvalue weighted by Gasteiger charge is 2.22. The van der Waals surface area contributed by atoms with Crippen LogP contribution in [0.2, 0.25) is 0 Å². The predicted octanol–water partition coefficient (Wildman–Crippen LogP) is 2.51. The van der Waals surface area contributed by atoms with E-state index in [0.29, 0.717) is 24.3 Å². The number of benzene rings is 1. The third-order valence-electron chi connectivity index (χ3n) is 3.60. The van der Waals surface area contributed by atoms with Crippen molar-refractivity contribution in [2.75, 3.05) is 6.54 Å². The molecule has 2 rings (SSSR count). The molecule has 1 aromatic carbocycles. The lowest BCUT2D eigenvalue weighted by Crippen LogP contribution is -2.41. The fourth-order valence-electron chi connectivity index (χ4n) is 1.92. The van der Waals surface area contributed by atoms with Crippen molar-refractivity contribution < 1.29 is 14.3 Å². The van der Waals surface area contributed by atoms with Gasteiger partial charge in [-0.3, -0.25) is 4.79 Å². The van der Waals surface area contributed by atoms with Crippen LogP contribution in [0, 0.1) is 0 Å². The summed E-state index contributed by atoms with van der Waals surface area (Å²) in [7, 11) is 0. The van der Waals surface area contributed by atoms with E-state index in [4.69, 9.17) is 4.42 Å². The number of oxazole rings is 1. The van der Waals surface area contributed by atoms with Gasteiger partial charge in [-0.2, -0.15) is 0 Å². The molecule has 5 nitrogen and oxygen atoms in total. The molecule has 0 saturated heterocycles. The number of carbonyl (C=O) groups is 1. The van der Waals surface area contributed by atoms with Crippen molar-refractivity contribution in [3.05, 3.63) is 36.2 Å². The van der Waals surface area contributed by atoms with E-state index in [1.165, 1.54) is 12.2 Å². The predicted molar refractivity (Wildman–Crippen MR) is 81.6 cm³/mol. The van der Waals surface area contributed by atoms with Gasteiger partial charge in [-0.25, -0.2) is 4.98 Å². The number of nitrogens with zero attached hydrogens (tertiary/aromatic N) is 1. The van der Waals surface area contributed by atoms with Crippen LogP contribution in [0.4, 0.5) is 0 Å². The molecule has 112 valence electrons. The topological polar surface area (TPSA) is 75.4 Å². The fraction of sp³-hybridized carbons (Fsp3) is 0.375. The Kier molecular flexibility index (Phi) is 4.75. The van der Waals surface area contributed by atoms with Crippen LogP contribution in [0.25, 0.3) is 17.2 Å². The number of nitrogens with one attached hydrogen (secondary N) is 1. The summed E-state index contributed by atoms with van der Waals surface area (Å²) in [6.45, 7) is 4.02. The van der Waals surface area contributed by atoms with Crippen LogP contribution in [-0.2, 0) is 4.79 Å². The molecule has 2 N–H and O–H groups in total. The van der Waals surface area contributed by atoms with Crippen LogP contribution in [0.15, 0.2) is 34.8 Å². The minimum atomic E-state index is -0.846. The van der Waals surface area contributed by atoms with E-state index in [-0.39, 0.29) is 12.5 Å². The average Bonchev–Trinajstić information content (AvgIpc) is 2.93. The Balaban J connectivity index is 1.95. The Hall–Kier alpha value is -2.14. The smallest absolute Gasteiger partial charge is 0.244 e. The minimum Gasteiger partial charge on any atom is -0.437 e. The minimum absolute atomic E-state index is 0.233. The first-order valence-electron chi connectivity index (χ1n) is 7.10. The number of hydrogen-bond acceptors (Lipinski definition) is 4. The van der Waals surface area contributed by atoms with Crippen LogP contribution in [0.1, 0.15) is 32.6 Å². The standard InChI is InChI=1S/C16H20N2O3/c1-3-16(20,4-2)11-17-14(19)9-10-15-18-12-7-5-6-8-13(12)21-15/h5-10,20H,3-4,11H2,1-2H3,(H,17,19). The molecule has 1 aromatic heterocycles. The van der Waals surface area contributed by atoms with E-state index in [2.05, 4.69) is 10.3 Å². The highest BCUT2D eigenvalue weighted by atomic mass is 16.3. The Morgan fingerprint density at radius 1 is 1.38 bits per heavy atom. The molecule has 0 radical (unpaired) electrons. The zero-order chi connectivity index (χ0) is 15.3. The monoisotopic (exact) mass is 288 g/mol. The lowest BCUT2D eigenvalue weighted by Gasteiger charge is -2.24. The zero-order valence-electron chi connectivity index (χ0n) is 12.3. The summed E-state index contributed by atoms with van der Waals surface area (Å²) in [5, 5.41) is 12.8. The van der Waals surface area contributed by atoms with Crippen molar-refractivity contribution in [3.8, 4) is 0 Å². The van der Waals surface area contributed by atoms with Crippen LogP contribution in [0.3, 0.4) is 0 Å². The van der Waals surface area contributed by atoms with Gasteiger partial charge >= 0.3 is 0 Å². The van der Waals surface area contributed by atoms with Crippen molar-refractivity contribution >= 4 is 23.1 Å². The largest absolute Gasteiger partial charge is 0.437 e. The normalized spacial score (nSPS) is 12.1. The first-order valence-corrected chi connectivity index (χ1v) is 7.10. The lowest BCUT2D eigenvalue weighted by molar-refractivity contribution is -0.117. The van der Waals surface area contributed by atoms with Gasteiger partial charge < -0.3 is 14.8 Å². The van der Waals surface area contributed by atoms with Crippen LogP contribution in [0.5, 0.6) is 0 Å². The maximum atomic E-state index is 11.7. The van der Waals surface area contributed by atoms with Gasteiger partial charge in [0.1, 0.15) is 5.52 Å². The number of aliphatic hydroxyl groups is 1. The van der Waals surface area contributed by atoms with Crippen molar-refractivity contribution in [1.82, 2.24) is 10.3 Å². The quantitative estimate of drug-likeness (QED) is 0.801. The first-order chi connectivity index (χ1) is 10.1. The second kappa shape index (κ2) is 6.54. The number of hydrogen-bond donors (Lipinski definition) is 2. The number of aromatic nitrogens is 1. The molecule has 0 bridgehead atoms. The molecular formula is C16H20N2O3. The van der Waals surface area contributed by atoms with Crippen molar-refractivity contribution in [2.45, 2.75) is 32.3 Å². The molecule has 0 spiro atoms. The summed E-state index contributed by atoms with van der Waals surface area (Å²) < 4.78 is 5.48. The lowest BCUT2D eigenvalue weighted by atomic mass is 9.98. The summed E-state index contributed by atoms with van der Waals surface area (Å²) in [6, 6.07) is 7.41. The molecule has 0 aliphatic heterocycles. The fourth-order valence-corrected chi connectivity index (χ4v) is 1.92. The third kappa shape index (κ3) is 3.92. The Bertz CT molecular complexity index is 609. The SMILES string of the molecule is CCC(O)(CC)CNC(=O)C=Cc1nc2ccccc2o1. The summed E-state index contributed by atoms with van der Waals surface area (Å²) in [5.41, 5.74) is 0.592. The molecule has 0 aliphatic rings. The van der Waals surface area contributed by atoms with Crippen molar-refractivity contribution in [2.24, 2.45) is 0 Å². The molecule has 1 amide bonds. The van der Waals surface area contributed by atoms with Gasteiger partial charge in [0, 0.05) is 18.7 Å². The van der Waals surface area contributed by atoms with Crippen LogP contribution in [-0.4, -0.2) is 28.1 Å². The van der Waals surface area contributed by atoms with Crippen LogP contribution >= 0.6 is 0 Å². The van der Waals surface area contributed by atoms with E-state index in [9.17, 15) is 9.90 Å². The van der Waals surface area contributed by atoms with E-state index >= 15 is 0 Å². The second-order valence-corrected chi connectivity index (χ2v) is 5.00. The zero-order valence-corrected chi connectivity index (χ0v) is 12.3. The first kappa shape index (κ1) is 15.3. The average molecular weight is 288 g/mol. The highest BCUT2D eigenvalue weighted by Crippen LogP contribution is 2.15. The van der Waals surface area contributed by atoms with Crippen LogP contribution < -0.4 is 5.32 Å². The molecule has 5 heteroatoms. The summed E-state index contributed by atoms with van der Waals surface area (Å²) in [5.74, 6) is 0.102. The number of amides is 1. The van der Waals surface area contributed by atoms with Gasteiger partial charge in [-0.1, -0.05) is 26.0 Å². The third-order valence-corrected chi connectivity index (χ3v) is 3.60. The molecule has 0 atom stereocenters. The van der Waals surface area contributed by atoms with E-state index < -0.39 is 5.60 Å². The molecular weight excluding hydrogens is 268 g/mol.